The second kappa shape index (κ2) is 12.6. The third-order valence-electron chi connectivity index (χ3n) is 6.93. The number of alkyl halides is 3. The number of aromatic nitrogens is 1. The summed E-state index contributed by atoms with van der Waals surface area (Å²) in [6.45, 7) is 2.41. The molecule has 3 aromatic rings. The van der Waals surface area contributed by atoms with Crippen molar-refractivity contribution in [3.05, 3.63) is 88.3 Å². The second-order valence-corrected chi connectivity index (χ2v) is 9.58. The summed E-state index contributed by atoms with van der Waals surface area (Å²) in [4.78, 5) is 31.7. The highest BCUT2D eigenvalue weighted by Gasteiger charge is 2.42. The van der Waals surface area contributed by atoms with Crippen LogP contribution in [0.15, 0.2) is 76.6 Å². The molecule has 0 saturated carbocycles. The number of halogens is 3. The second-order valence-electron chi connectivity index (χ2n) is 9.58. The van der Waals surface area contributed by atoms with Crippen molar-refractivity contribution in [2.75, 3.05) is 25.7 Å². The van der Waals surface area contributed by atoms with Gasteiger partial charge in [-0.15, -0.1) is 13.2 Å². The molecule has 1 amide bonds. The van der Waals surface area contributed by atoms with Gasteiger partial charge in [0.1, 0.15) is 23.4 Å². The lowest BCUT2D eigenvalue weighted by atomic mass is 9.89. The first-order chi connectivity index (χ1) is 19.5. The average Bonchev–Trinajstić information content (AvgIpc) is 3.27. The van der Waals surface area contributed by atoms with Gasteiger partial charge in [0, 0.05) is 43.5 Å². The lowest BCUT2D eigenvalue weighted by Crippen LogP contribution is -2.38. The standard InChI is InChI=1S/C29H30F3N3O6/c1-18(39-2)16-34-14-4-5-25(28(34)38)35-17-24(19-6-10-21(40-3)11-7-19)23(27(35)37)15-33-26(36)20-8-12-22(13-9-20)41-29(30,31)32/h4-15,18,23-24,27,37H,16-17H2,1-3H3/t18?,23?,24-,27?/m0/s1. The Hall–Kier alpha value is -4.16. The van der Waals surface area contributed by atoms with E-state index in [9.17, 15) is 27.9 Å². The zero-order valence-corrected chi connectivity index (χ0v) is 22.6. The van der Waals surface area contributed by atoms with E-state index >= 15 is 0 Å². The van der Waals surface area contributed by atoms with Gasteiger partial charge >= 0.3 is 6.36 Å². The lowest BCUT2D eigenvalue weighted by Gasteiger charge is -2.24. The minimum atomic E-state index is -4.85. The van der Waals surface area contributed by atoms with Gasteiger partial charge < -0.3 is 28.8 Å². The van der Waals surface area contributed by atoms with E-state index in [0.29, 0.717) is 12.3 Å². The summed E-state index contributed by atoms with van der Waals surface area (Å²) in [5, 5.41) is 11.4. The van der Waals surface area contributed by atoms with Crippen LogP contribution in [0.2, 0.25) is 0 Å². The maximum Gasteiger partial charge on any atom is 0.573 e. The number of aliphatic hydroxyl groups excluding tert-OH is 1. The SMILES string of the molecule is COc1ccc([C@@H]2CN(c3cccn(CC(C)OC)c3=O)C(O)C2C=NC(=O)c2ccc(OC(F)(F)F)cc2)cc1. The van der Waals surface area contributed by atoms with Crippen molar-refractivity contribution in [3.63, 3.8) is 0 Å². The summed E-state index contributed by atoms with van der Waals surface area (Å²) in [5.41, 5.74) is 0.844. The molecule has 4 atom stereocenters. The third-order valence-corrected chi connectivity index (χ3v) is 6.93. The number of carbonyl (C=O) groups excluding carboxylic acids is 1. The van der Waals surface area contributed by atoms with E-state index in [-0.39, 0.29) is 35.4 Å². The molecule has 12 heteroatoms. The van der Waals surface area contributed by atoms with Gasteiger partial charge in [-0.25, -0.2) is 4.99 Å². The molecule has 1 aliphatic heterocycles. The molecule has 0 bridgehead atoms. The van der Waals surface area contributed by atoms with Crippen molar-refractivity contribution >= 4 is 17.8 Å². The molecule has 1 fully saturated rings. The fourth-order valence-electron chi connectivity index (χ4n) is 4.72. The normalized spacial score (nSPS) is 19.9. The molecule has 2 aromatic carbocycles. The molecule has 1 saturated heterocycles. The Morgan fingerprint density at radius 3 is 2.37 bits per heavy atom. The molecule has 4 rings (SSSR count). The third kappa shape index (κ3) is 7.14. The number of aliphatic hydroxyl groups is 1. The van der Waals surface area contributed by atoms with Crippen LogP contribution in [-0.4, -0.2) is 61.3 Å². The van der Waals surface area contributed by atoms with E-state index in [1.807, 2.05) is 19.1 Å². The molecule has 1 aliphatic rings. The Morgan fingerprint density at radius 1 is 1.10 bits per heavy atom. The summed E-state index contributed by atoms with van der Waals surface area (Å²) < 4.78 is 53.2. The predicted octanol–water partition coefficient (Wildman–Crippen LogP) is 4.24. The zero-order chi connectivity index (χ0) is 29.7. The van der Waals surface area contributed by atoms with Crippen molar-refractivity contribution in [1.29, 1.82) is 0 Å². The van der Waals surface area contributed by atoms with Gasteiger partial charge in [-0.3, -0.25) is 9.59 Å². The number of nitrogens with zero attached hydrogens (tertiary/aromatic N) is 3. The molecule has 0 radical (unpaired) electrons. The van der Waals surface area contributed by atoms with Crippen LogP contribution < -0.4 is 19.9 Å². The van der Waals surface area contributed by atoms with Crippen LogP contribution in [0.3, 0.4) is 0 Å². The number of benzene rings is 2. The van der Waals surface area contributed by atoms with Gasteiger partial charge in [0.25, 0.3) is 11.5 Å². The fourth-order valence-corrected chi connectivity index (χ4v) is 4.72. The number of hydrogen-bond donors (Lipinski definition) is 1. The first-order valence-corrected chi connectivity index (χ1v) is 12.8. The van der Waals surface area contributed by atoms with Gasteiger partial charge in [-0.1, -0.05) is 12.1 Å². The maximum atomic E-state index is 13.3. The Bertz CT molecular complexity index is 1420. The van der Waals surface area contributed by atoms with Crippen LogP contribution in [0.5, 0.6) is 11.5 Å². The van der Waals surface area contributed by atoms with Gasteiger partial charge in [0.05, 0.1) is 19.8 Å². The minimum Gasteiger partial charge on any atom is -0.497 e. The largest absolute Gasteiger partial charge is 0.573 e. The number of anilines is 1. The number of aliphatic imine (C=N–C) groups is 1. The summed E-state index contributed by atoms with van der Waals surface area (Å²) in [6.07, 6.45) is -3.29. The molecule has 3 unspecified atom stereocenters. The van der Waals surface area contributed by atoms with Crippen LogP contribution in [-0.2, 0) is 11.3 Å². The van der Waals surface area contributed by atoms with E-state index in [0.717, 1.165) is 17.7 Å². The number of amides is 1. The van der Waals surface area contributed by atoms with Crippen LogP contribution >= 0.6 is 0 Å². The van der Waals surface area contributed by atoms with Crippen LogP contribution in [0.4, 0.5) is 18.9 Å². The molecular weight excluding hydrogens is 543 g/mol. The average molecular weight is 574 g/mol. The number of ether oxygens (including phenoxy) is 3. The molecule has 0 aliphatic carbocycles. The molecule has 1 aromatic heterocycles. The monoisotopic (exact) mass is 573 g/mol. The van der Waals surface area contributed by atoms with E-state index in [2.05, 4.69) is 9.73 Å². The van der Waals surface area contributed by atoms with Crippen molar-refractivity contribution in [1.82, 2.24) is 4.57 Å². The Balaban J connectivity index is 1.63. The molecule has 9 nitrogen and oxygen atoms in total. The molecule has 41 heavy (non-hydrogen) atoms. The van der Waals surface area contributed by atoms with E-state index < -0.39 is 30.2 Å². The van der Waals surface area contributed by atoms with E-state index in [1.54, 1.807) is 49.6 Å². The fraction of sp³-hybridized carbons (Fsp3) is 0.345. The van der Waals surface area contributed by atoms with Crippen molar-refractivity contribution in [2.24, 2.45) is 10.9 Å². The quantitative estimate of drug-likeness (QED) is 0.382. The number of pyridine rings is 1. The van der Waals surface area contributed by atoms with Crippen molar-refractivity contribution in [2.45, 2.75) is 38.1 Å². The van der Waals surface area contributed by atoms with Crippen LogP contribution in [0.1, 0.15) is 28.8 Å². The highest BCUT2D eigenvalue weighted by molar-refractivity contribution is 5.99. The number of methoxy groups -OCH3 is 2. The Kier molecular flexibility index (Phi) is 9.14. The number of rotatable bonds is 9. The van der Waals surface area contributed by atoms with Crippen LogP contribution in [0, 0.1) is 5.92 Å². The summed E-state index contributed by atoms with van der Waals surface area (Å²) in [7, 11) is 3.10. The first-order valence-electron chi connectivity index (χ1n) is 12.8. The Morgan fingerprint density at radius 2 is 1.76 bits per heavy atom. The van der Waals surface area contributed by atoms with Gasteiger partial charge in [-0.05, 0) is 61.0 Å². The molecular formula is C29H30F3N3O6. The summed E-state index contributed by atoms with van der Waals surface area (Å²) >= 11 is 0. The molecule has 218 valence electrons. The topological polar surface area (TPSA) is 103 Å². The van der Waals surface area contributed by atoms with Gasteiger partial charge in [-0.2, -0.15) is 0 Å². The minimum absolute atomic E-state index is 0.0410. The molecule has 0 spiro atoms. The van der Waals surface area contributed by atoms with Crippen molar-refractivity contribution in [3.8, 4) is 11.5 Å². The number of carbonyl (C=O) groups is 1. The summed E-state index contributed by atoms with van der Waals surface area (Å²) in [6, 6.07) is 15.0. The predicted molar refractivity (Wildman–Crippen MR) is 146 cm³/mol. The van der Waals surface area contributed by atoms with Crippen LogP contribution in [0.25, 0.3) is 0 Å². The lowest BCUT2D eigenvalue weighted by molar-refractivity contribution is -0.274. The highest BCUT2D eigenvalue weighted by atomic mass is 19.4. The van der Waals surface area contributed by atoms with E-state index in [1.165, 1.54) is 22.9 Å². The molecule has 2 heterocycles. The van der Waals surface area contributed by atoms with Gasteiger partial charge in [0.15, 0.2) is 0 Å². The summed E-state index contributed by atoms with van der Waals surface area (Å²) in [5.74, 6) is -1.60. The zero-order valence-electron chi connectivity index (χ0n) is 22.6. The van der Waals surface area contributed by atoms with Crippen molar-refractivity contribution < 1.29 is 37.3 Å². The maximum absolute atomic E-state index is 13.3. The highest BCUT2D eigenvalue weighted by Crippen LogP contribution is 2.38. The van der Waals surface area contributed by atoms with E-state index in [4.69, 9.17) is 9.47 Å². The first kappa shape index (κ1) is 29.8. The van der Waals surface area contributed by atoms with Gasteiger partial charge in [0.2, 0.25) is 0 Å². The smallest absolute Gasteiger partial charge is 0.497 e. The molecule has 1 N–H and O–H groups in total. The number of hydrogen-bond acceptors (Lipinski definition) is 7. The Labute approximate surface area is 234 Å².